The van der Waals surface area contributed by atoms with E-state index in [9.17, 15) is 10.2 Å². The lowest BCUT2D eigenvalue weighted by molar-refractivity contribution is 0.00200. The lowest BCUT2D eigenvalue weighted by atomic mass is 9.96. The molecule has 0 aliphatic rings. The minimum absolute atomic E-state index is 0.102. The molecule has 18 heavy (non-hydrogen) atoms. The van der Waals surface area contributed by atoms with Crippen LogP contribution in [0.4, 0.5) is 0 Å². The number of aliphatic hydroxyl groups is 2. The molecular formula is C15H24O3. The maximum Gasteiger partial charge on any atom is 0.0777 e. The van der Waals surface area contributed by atoms with E-state index in [0.717, 1.165) is 12.0 Å². The molecule has 0 amide bonds. The maximum atomic E-state index is 9.81. The molecule has 0 spiro atoms. The fourth-order valence-corrected chi connectivity index (χ4v) is 1.94. The second kappa shape index (κ2) is 8.25. The molecule has 3 heteroatoms. The minimum Gasteiger partial charge on any atom is -0.393 e. The molecule has 1 aromatic rings. The predicted octanol–water partition coefficient (Wildman–Crippen LogP) is 2.36. The van der Waals surface area contributed by atoms with Crippen molar-refractivity contribution in [2.24, 2.45) is 5.92 Å². The number of rotatable bonds is 8. The molecule has 3 nitrogen and oxygen atoms in total. The number of aliphatic hydroxyl groups excluding tert-OH is 2. The SMILES string of the molecule is CCC(O)C(C)CC(O)COCc1ccccc1. The van der Waals surface area contributed by atoms with E-state index in [2.05, 4.69) is 0 Å². The predicted molar refractivity (Wildman–Crippen MR) is 72.2 cm³/mol. The van der Waals surface area contributed by atoms with E-state index in [0.29, 0.717) is 19.6 Å². The van der Waals surface area contributed by atoms with Gasteiger partial charge in [0.05, 0.1) is 25.4 Å². The molecule has 1 rings (SSSR count). The van der Waals surface area contributed by atoms with Crippen molar-refractivity contribution >= 4 is 0 Å². The molecule has 0 aromatic heterocycles. The lowest BCUT2D eigenvalue weighted by Gasteiger charge is -2.20. The Bertz CT molecular complexity index is 313. The Morgan fingerprint density at radius 3 is 2.44 bits per heavy atom. The largest absolute Gasteiger partial charge is 0.393 e. The van der Waals surface area contributed by atoms with Crippen molar-refractivity contribution < 1.29 is 14.9 Å². The monoisotopic (exact) mass is 252 g/mol. The van der Waals surface area contributed by atoms with Gasteiger partial charge in [-0.25, -0.2) is 0 Å². The normalized spacial score (nSPS) is 16.2. The van der Waals surface area contributed by atoms with E-state index in [1.807, 2.05) is 44.2 Å². The molecular weight excluding hydrogens is 228 g/mol. The first-order valence-corrected chi connectivity index (χ1v) is 6.61. The fraction of sp³-hybridized carbons (Fsp3) is 0.600. The Balaban J connectivity index is 2.19. The van der Waals surface area contributed by atoms with Crippen LogP contribution in [0, 0.1) is 5.92 Å². The maximum absolute atomic E-state index is 9.81. The Kier molecular flexibility index (Phi) is 6.94. The summed E-state index contributed by atoms with van der Waals surface area (Å²) in [5.74, 6) is 0.102. The first kappa shape index (κ1) is 15.2. The van der Waals surface area contributed by atoms with Crippen LogP contribution in [0.1, 0.15) is 32.3 Å². The van der Waals surface area contributed by atoms with Gasteiger partial charge in [0.2, 0.25) is 0 Å². The smallest absolute Gasteiger partial charge is 0.0777 e. The zero-order valence-corrected chi connectivity index (χ0v) is 11.2. The third-order valence-electron chi connectivity index (χ3n) is 3.14. The van der Waals surface area contributed by atoms with Gasteiger partial charge in [-0.15, -0.1) is 0 Å². The molecule has 0 aliphatic carbocycles. The topological polar surface area (TPSA) is 49.7 Å². The van der Waals surface area contributed by atoms with Crippen LogP contribution < -0.4 is 0 Å². The summed E-state index contributed by atoms with van der Waals surface area (Å²) in [6.45, 7) is 4.73. The van der Waals surface area contributed by atoms with Crippen LogP contribution in [-0.4, -0.2) is 29.0 Å². The van der Waals surface area contributed by atoms with Crippen LogP contribution in [0.5, 0.6) is 0 Å². The van der Waals surface area contributed by atoms with E-state index in [1.165, 1.54) is 0 Å². The number of benzene rings is 1. The summed E-state index contributed by atoms with van der Waals surface area (Å²) >= 11 is 0. The molecule has 0 fully saturated rings. The average Bonchev–Trinajstić information content (AvgIpc) is 2.38. The third kappa shape index (κ3) is 5.63. The molecule has 3 unspecified atom stereocenters. The number of hydrogen-bond acceptors (Lipinski definition) is 3. The molecule has 0 saturated carbocycles. The number of ether oxygens (including phenoxy) is 1. The van der Waals surface area contributed by atoms with Gasteiger partial charge in [0.25, 0.3) is 0 Å². The van der Waals surface area contributed by atoms with Gasteiger partial charge < -0.3 is 14.9 Å². The first-order chi connectivity index (χ1) is 8.63. The van der Waals surface area contributed by atoms with Gasteiger partial charge in [-0.3, -0.25) is 0 Å². The molecule has 0 saturated heterocycles. The zero-order valence-electron chi connectivity index (χ0n) is 11.2. The summed E-state index contributed by atoms with van der Waals surface area (Å²) in [4.78, 5) is 0. The highest BCUT2D eigenvalue weighted by Gasteiger charge is 2.16. The summed E-state index contributed by atoms with van der Waals surface area (Å²) in [6.07, 6.45) is 0.446. The molecule has 0 heterocycles. The molecule has 0 bridgehead atoms. The third-order valence-corrected chi connectivity index (χ3v) is 3.14. The molecule has 0 radical (unpaired) electrons. The van der Waals surface area contributed by atoms with Crippen LogP contribution in [0.25, 0.3) is 0 Å². The average molecular weight is 252 g/mol. The zero-order chi connectivity index (χ0) is 13.4. The molecule has 2 N–H and O–H groups in total. The van der Waals surface area contributed by atoms with Gasteiger partial charge >= 0.3 is 0 Å². The van der Waals surface area contributed by atoms with Crippen molar-refractivity contribution in [1.82, 2.24) is 0 Å². The molecule has 1 aromatic carbocycles. The van der Waals surface area contributed by atoms with Gasteiger partial charge in [0.1, 0.15) is 0 Å². The van der Waals surface area contributed by atoms with Crippen molar-refractivity contribution in [2.45, 2.75) is 45.5 Å². The molecule has 3 atom stereocenters. The van der Waals surface area contributed by atoms with Crippen LogP contribution in [0.3, 0.4) is 0 Å². The quantitative estimate of drug-likeness (QED) is 0.746. The number of hydrogen-bond donors (Lipinski definition) is 2. The molecule has 102 valence electrons. The van der Waals surface area contributed by atoms with Crippen LogP contribution in [-0.2, 0) is 11.3 Å². The lowest BCUT2D eigenvalue weighted by Crippen LogP contribution is -2.25. The second-order valence-electron chi connectivity index (χ2n) is 4.84. The van der Waals surface area contributed by atoms with Gasteiger partial charge in [-0.1, -0.05) is 44.2 Å². The minimum atomic E-state index is -0.509. The molecule has 0 aliphatic heterocycles. The van der Waals surface area contributed by atoms with Gasteiger partial charge in [-0.05, 0) is 24.3 Å². The second-order valence-corrected chi connectivity index (χ2v) is 4.84. The highest BCUT2D eigenvalue weighted by molar-refractivity contribution is 5.13. The first-order valence-electron chi connectivity index (χ1n) is 6.61. The summed E-state index contributed by atoms with van der Waals surface area (Å²) in [5, 5.41) is 19.4. The van der Waals surface area contributed by atoms with Crippen molar-refractivity contribution in [1.29, 1.82) is 0 Å². The van der Waals surface area contributed by atoms with E-state index in [-0.39, 0.29) is 12.0 Å². The van der Waals surface area contributed by atoms with Gasteiger partial charge in [-0.2, -0.15) is 0 Å². The standard InChI is InChI=1S/C15H24O3/c1-3-15(17)12(2)9-14(16)11-18-10-13-7-5-4-6-8-13/h4-8,12,14-17H,3,9-11H2,1-2H3. The van der Waals surface area contributed by atoms with E-state index in [4.69, 9.17) is 4.74 Å². The van der Waals surface area contributed by atoms with Gasteiger partial charge in [0, 0.05) is 0 Å². The van der Waals surface area contributed by atoms with Crippen molar-refractivity contribution in [3.63, 3.8) is 0 Å². The summed E-state index contributed by atoms with van der Waals surface area (Å²) in [5.41, 5.74) is 1.10. The van der Waals surface area contributed by atoms with E-state index in [1.54, 1.807) is 0 Å². The Morgan fingerprint density at radius 1 is 1.17 bits per heavy atom. The van der Waals surface area contributed by atoms with Crippen LogP contribution in [0.15, 0.2) is 30.3 Å². The van der Waals surface area contributed by atoms with Crippen LogP contribution >= 0.6 is 0 Å². The summed E-state index contributed by atoms with van der Waals surface area (Å²) < 4.78 is 5.46. The van der Waals surface area contributed by atoms with E-state index < -0.39 is 6.10 Å². The summed E-state index contributed by atoms with van der Waals surface area (Å²) in [6, 6.07) is 9.89. The van der Waals surface area contributed by atoms with Crippen molar-refractivity contribution in [3.8, 4) is 0 Å². The van der Waals surface area contributed by atoms with Gasteiger partial charge in [0.15, 0.2) is 0 Å². The Labute approximate surface area is 109 Å². The highest BCUT2D eigenvalue weighted by atomic mass is 16.5. The van der Waals surface area contributed by atoms with Crippen LogP contribution in [0.2, 0.25) is 0 Å². The Hall–Kier alpha value is -0.900. The Morgan fingerprint density at radius 2 is 1.83 bits per heavy atom. The van der Waals surface area contributed by atoms with Crippen molar-refractivity contribution in [3.05, 3.63) is 35.9 Å². The summed E-state index contributed by atoms with van der Waals surface area (Å²) in [7, 11) is 0. The fourth-order valence-electron chi connectivity index (χ4n) is 1.94. The highest BCUT2D eigenvalue weighted by Crippen LogP contribution is 2.14. The van der Waals surface area contributed by atoms with Crippen molar-refractivity contribution in [2.75, 3.05) is 6.61 Å². The van der Waals surface area contributed by atoms with E-state index >= 15 is 0 Å².